The van der Waals surface area contributed by atoms with Crippen molar-refractivity contribution in [1.29, 1.82) is 0 Å². The first kappa shape index (κ1) is 41.6. The Balaban J connectivity index is 0.000000120. The second kappa shape index (κ2) is 19.9. The standard InChI is InChI=1S/2C15H10N.2C11H7N2.2Pt/c2*1-2-8-13-12(6-1)7-5-9-14(13)15-10-3-4-11-16-15;2*1-2-6-10-8(4-1)9-5-3-7-12-11(9)13-10;;/h2*1-8,10-11H;2*1-7H;;/q4*-1;2*+2. The van der Waals surface area contributed by atoms with Crippen molar-refractivity contribution in [2.45, 2.75) is 0 Å². The summed E-state index contributed by atoms with van der Waals surface area (Å²) < 4.78 is 0. The summed E-state index contributed by atoms with van der Waals surface area (Å²) in [7, 11) is 0. The first-order chi connectivity index (χ1) is 28.8. The van der Waals surface area contributed by atoms with Crippen molar-refractivity contribution in [2.24, 2.45) is 0 Å². The van der Waals surface area contributed by atoms with Crippen LogP contribution in [-0.2, 0) is 42.1 Å². The van der Waals surface area contributed by atoms with Crippen molar-refractivity contribution in [3.05, 3.63) is 219 Å². The van der Waals surface area contributed by atoms with E-state index in [1.807, 2.05) is 134 Å². The molecule has 0 fully saturated rings. The van der Waals surface area contributed by atoms with Crippen LogP contribution >= 0.6 is 0 Å². The van der Waals surface area contributed by atoms with Crippen molar-refractivity contribution in [3.8, 4) is 22.5 Å². The Kier molecular flexibility index (Phi) is 13.8. The minimum atomic E-state index is 0. The van der Waals surface area contributed by atoms with E-state index in [0.29, 0.717) is 0 Å². The molecule has 12 rings (SSSR count). The van der Waals surface area contributed by atoms with Crippen LogP contribution in [0, 0.1) is 12.1 Å². The molecule has 0 unspecified atom stereocenters. The third-order valence-corrected chi connectivity index (χ3v) is 9.70. The van der Waals surface area contributed by atoms with Crippen LogP contribution in [0.25, 0.3) is 87.9 Å². The van der Waals surface area contributed by atoms with Crippen LogP contribution in [0.4, 0.5) is 0 Å². The number of hydrogen-bond acceptors (Lipinski definition) is 4. The van der Waals surface area contributed by atoms with E-state index in [0.717, 1.165) is 55.6 Å². The summed E-state index contributed by atoms with van der Waals surface area (Å²) in [5.41, 5.74) is 7.80. The Bertz CT molecular complexity index is 2920. The van der Waals surface area contributed by atoms with Crippen LogP contribution in [0.2, 0.25) is 0 Å². The molecule has 0 radical (unpaired) electrons. The fourth-order valence-electron chi connectivity index (χ4n) is 6.99. The van der Waals surface area contributed by atoms with Gasteiger partial charge in [-0.2, -0.15) is 0 Å². The smallest absolute Gasteiger partial charge is 0.442 e. The fraction of sp³-hybridized carbons (Fsp3) is 0. The summed E-state index contributed by atoms with van der Waals surface area (Å²) in [5, 5.41) is 9.49. The second-order valence-corrected chi connectivity index (χ2v) is 13.3. The predicted octanol–water partition coefficient (Wildman–Crippen LogP) is 12.1. The first-order valence-electron chi connectivity index (χ1n) is 18.9. The van der Waals surface area contributed by atoms with Gasteiger partial charge in [-0.25, -0.2) is 0 Å². The Morgan fingerprint density at radius 3 is 1.12 bits per heavy atom. The summed E-state index contributed by atoms with van der Waals surface area (Å²) in [6.07, 6.45) is 7.17. The molecule has 0 aliphatic heterocycles. The molecule has 6 nitrogen and oxygen atoms in total. The maximum absolute atomic E-state index is 4.40. The van der Waals surface area contributed by atoms with E-state index in [1.165, 1.54) is 32.3 Å². The number of pyridine rings is 4. The Hall–Kier alpha value is -6.58. The van der Waals surface area contributed by atoms with Gasteiger partial charge in [0.05, 0.1) is 0 Å². The molecule has 12 aromatic rings. The van der Waals surface area contributed by atoms with Crippen molar-refractivity contribution in [1.82, 2.24) is 29.9 Å². The molecule has 0 saturated carbocycles. The van der Waals surface area contributed by atoms with Crippen LogP contribution < -0.4 is 9.97 Å². The quantitative estimate of drug-likeness (QED) is 0.161. The number of fused-ring (bicyclic) bond motifs is 8. The Morgan fingerprint density at radius 2 is 0.683 bits per heavy atom. The van der Waals surface area contributed by atoms with Crippen LogP contribution in [0.5, 0.6) is 0 Å². The molecule has 6 aromatic heterocycles. The van der Waals surface area contributed by atoms with E-state index >= 15 is 0 Å². The van der Waals surface area contributed by atoms with Gasteiger partial charge in [-0.3, -0.25) is 0 Å². The van der Waals surface area contributed by atoms with Crippen molar-refractivity contribution < 1.29 is 42.1 Å². The molecule has 6 aromatic carbocycles. The molecule has 0 saturated heterocycles. The molecule has 0 N–H and O–H groups in total. The predicted molar refractivity (Wildman–Crippen MR) is 237 cm³/mol. The second-order valence-electron chi connectivity index (χ2n) is 13.3. The summed E-state index contributed by atoms with van der Waals surface area (Å²) in [5.74, 6) is 0. The number of hydrogen-bond donors (Lipinski definition) is 0. The van der Waals surface area contributed by atoms with Gasteiger partial charge < -0.3 is 29.9 Å². The maximum atomic E-state index is 4.40. The van der Waals surface area contributed by atoms with Gasteiger partial charge in [0.25, 0.3) is 0 Å². The van der Waals surface area contributed by atoms with Gasteiger partial charge >= 0.3 is 42.1 Å². The number of benzene rings is 6. The molecule has 8 heteroatoms. The average Bonchev–Trinajstić information content (AvgIpc) is 3.89. The third kappa shape index (κ3) is 9.16. The molecule has 6 heterocycles. The normalized spacial score (nSPS) is 10.4. The van der Waals surface area contributed by atoms with Crippen molar-refractivity contribution in [3.63, 3.8) is 0 Å². The first-order valence-corrected chi connectivity index (χ1v) is 18.9. The van der Waals surface area contributed by atoms with Gasteiger partial charge in [-0.1, -0.05) is 180 Å². The minimum absolute atomic E-state index is 0. The zero-order valence-corrected chi connectivity index (χ0v) is 36.5. The molecule has 292 valence electrons. The molecule has 0 amide bonds. The number of aromatic nitrogens is 6. The zero-order chi connectivity index (χ0) is 38.9. The third-order valence-electron chi connectivity index (χ3n) is 9.70. The number of nitrogens with zero attached hydrogens (tertiary/aromatic N) is 6. The van der Waals surface area contributed by atoms with Crippen LogP contribution in [0.3, 0.4) is 0 Å². The summed E-state index contributed by atoms with van der Waals surface area (Å²) in [6.45, 7) is 0. The van der Waals surface area contributed by atoms with Crippen LogP contribution in [0.1, 0.15) is 0 Å². The molecular formula is C52H34N6Pt2. The summed E-state index contributed by atoms with van der Waals surface area (Å²) in [6, 6.07) is 67.3. The SMILES string of the molecule is [Pt+2].[Pt+2].[c-]1ccc2ccccc2c1-c1ccccn1.[c-]1ccc2ccccc2c1-c1ccccn1.c1ccc2c(c1)[n-]c1ncccc12.c1ccc2c(c1)[n-]c1ncccc12. The Morgan fingerprint density at radius 1 is 0.317 bits per heavy atom. The van der Waals surface area contributed by atoms with E-state index in [4.69, 9.17) is 0 Å². The minimum Gasteiger partial charge on any atom is -0.442 e. The van der Waals surface area contributed by atoms with E-state index in [1.54, 1.807) is 12.4 Å². The maximum Gasteiger partial charge on any atom is 2.00 e. The van der Waals surface area contributed by atoms with Gasteiger partial charge in [0.1, 0.15) is 0 Å². The molecule has 0 atom stereocenters. The molecule has 0 bridgehead atoms. The van der Waals surface area contributed by atoms with Crippen LogP contribution in [0.15, 0.2) is 207 Å². The molecular weight excluding hydrogens is 1100 g/mol. The van der Waals surface area contributed by atoms with Gasteiger partial charge in [0.2, 0.25) is 0 Å². The van der Waals surface area contributed by atoms with Gasteiger partial charge in [0.15, 0.2) is 0 Å². The zero-order valence-electron chi connectivity index (χ0n) is 31.9. The van der Waals surface area contributed by atoms with Crippen molar-refractivity contribution >= 4 is 65.4 Å². The van der Waals surface area contributed by atoms with E-state index in [-0.39, 0.29) is 42.1 Å². The molecule has 0 aliphatic rings. The fourth-order valence-corrected chi connectivity index (χ4v) is 6.99. The van der Waals surface area contributed by atoms with E-state index in [2.05, 4.69) is 103 Å². The van der Waals surface area contributed by atoms with E-state index in [9.17, 15) is 0 Å². The number of para-hydroxylation sites is 2. The largest absolute Gasteiger partial charge is 2.00 e. The topological polar surface area (TPSA) is 79.8 Å². The molecule has 60 heavy (non-hydrogen) atoms. The molecule has 0 spiro atoms. The van der Waals surface area contributed by atoms with Crippen LogP contribution in [-0.4, -0.2) is 19.9 Å². The average molecular weight is 1130 g/mol. The van der Waals surface area contributed by atoms with Gasteiger partial charge in [-0.15, -0.1) is 58.3 Å². The summed E-state index contributed by atoms with van der Waals surface area (Å²) in [4.78, 5) is 26.0. The summed E-state index contributed by atoms with van der Waals surface area (Å²) >= 11 is 0. The van der Waals surface area contributed by atoms with E-state index < -0.39 is 0 Å². The van der Waals surface area contributed by atoms with Gasteiger partial charge in [0, 0.05) is 12.4 Å². The Labute approximate surface area is 376 Å². The van der Waals surface area contributed by atoms with Crippen molar-refractivity contribution in [2.75, 3.05) is 0 Å². The number of rotatable bonds is 2. The molecule has 0 aliphatic carbocycles. The monoisotopic (exact) mass is 1130 g/mol. The van der Waals surface area contributed by atoms with Gasteiger partial charge in [-0.05, 0) is 56.1 Å².